The van der Waals surface area contributed by atoms with Gasteiger partial charge in [0.25, 0.3) is 5.56 Å². The summed E-state index contributed by atoms with van der Waals surface area (Å²) in [5, 5.41) is 0.628. The van der Waals surface area contributed by atoms with Gasteiger partial charge in [-0.15, -0.1) is 0 Å². The highest BCUT2D eigenvalue weighted by molar-refractivity contribution is 6.30. The normalized spacial score (nSPS) is 10.5. The lowest BCUT2D eigenvalue weighted by atomic mass is 10.1. The van der Waals surface area contributed by atoms with Gasteiger partial charge in [-0.1, -0.05) is 44.2 Å². The molecule has 0 N–H and O–H groups in total. The maximum absolute atomic E-state index is 11.4. The minimum Gasteiger partial charge on any atom is -0.314 e. The summed E-state index contributed by atoms with van der Waals surface area (Å²) in [6.07, 6.45) is 7.74. The molecule has 1 aromatic rings. The summed E-state index contributed by atoms with van der Waals surface area (Å²) in [6.45, 7) is 2.98. The number of aromatic nitrogens is 1. The Morgan fingerprint density at radius 2 is 1.93 bits per heavy atom. The van der Waals surface area contributed by atoms with Crippen molar-refractivity contribution in [3.8, 4) is 0 Å². The van der Waals surface area contributed by atoms with Gasteiger partial charge in [0.2, 0.25) is 0 Å². The van der Waals surface area contributed by atoms with Crippen LogP contribution in [0, 0.1) is 0 Å². The summed E-state index contributed by atoms with van der Waals surface area (Å²) in [4.78, 5) is 11.4. The molecule has 2 nitrogen and oxygen atoms in total. The first-order valence-corrected chi connectivity index (χ1v) is 5.98. The first-order valence-electron chi connectivity index (χ1n) is 5.60. The second-order valence-corrected chi connectivity index (χ2v) is 4.23. The maximum atomic E-state index is 11.4. The molecular weight excluding hydrogens is 210 g/mol. The number of pyridine rings is 1. The van der Waals surface area contributed by atoms with Gasteiger partial charge in [-0.05, 0) is 12.5 Å². The molecule has 0 aromatic carbocycles. The summed E-state index contributed by atoms with van der Waals surface area (Å²) >= 11 is 5.82. The van der Waals surface area contributed by atoms with Crippen LogP contribution in [0.1, 0.15) is 39.0 Å². The van der Waals surface area contributed by atoms with E-state index in [-0.39, 0.29) is 5.56 Å². The Hall–Kier alpha value is -0.760. The van der Waals surface area contributed by atoms with Crippen LogP contribution in [-0.2, 0) is 6.54 Å². The van der Waals surface area contributed by atoms with Gasteiger partial charge in [0.1, 0.15) is 0 Å². The van der Waals surface area contributed by atoms with E-state index in [0.717, 1.165) is 13.0 Å². The van der Waals surface area contributed by atoms with Crippen LogP contribution in [0.3, 0.4) is 0 Å². The Kier molecular flexibility index (Phi) is 5.48. The summed E-state index contributed by atoms with van der Waals surface area (Å²) in [7, 11) is 0. The van der Waals surface area contributed by atoms with Crippen LogP contribution in [0.15, 0.2) is 23.1 Å². The fourth-order valence-electron chi connectivity index (χ4n) is 1.56. The molecule has 0 amide bonds. The third kappa shape index (κ3) is 4.52. The molecule has 1 heterocycles. The summed E-state index contributed by atoms with van der Waals surface area (Å²) in [6, 6.07) is 3.16. The van der Waals surface area contributed by atoms with E-state index in [2.05, 4.69) is 6.92 Å². The largest absolute Gasteiger partial charge is 0.314 e. The van der Waals surface area contributed by atoms with Crippen molar-refractivity contribution in [1.82, 2.24) is 4.57 Å². The lowest BCUT2D eigenvalue weighted by molar-refractivity contribution is 0.558. The number of nitrogens with zero attached hydrogens (tertiary/aromatic N) is 1. The Labute approximate surface area is 95.9 Å². The number of unbranched alkanes of at least 4 members (excludes halogenated alkanes) is 4. The standard InChI is InChI=1S/C12H18ClNO/c1-2-3-4-5-6-9-14-10-11(13)7-8-12(14)15/h7-8,10H,2-6,9H2,1H3. The topological polar surface area (TPSA) is 22.0 Å². The van der Waals surface area contributed by atoms with Crippen molar-refractivity contribution in [3.05, 3.63) is 33.7 Å². The van der Waals surface area contributed by atoms with Crippen molar-refractivity contribution in [3.63, 3.8) is 0 Å². The second kappa shape index (κ2) is 6.67. The lowest BCUT2D eigenvalue weighted by Gasteiger charge is -2.05. The predicted octanol–water partition coefficient (Wildman–Crippen LogP) is 3.47. The van der Waals surface area contributed by atoms with Gasteiger partial charge in [-0.25, -0.2) is 0 Å². The van der Waals surface area contributed by atoms with Crippen molar-refractivity contribution in [1.29, 1.82) is 0 Å². The minimum atomic E-state index is 0.0369. The highest BCUT2D eigenvalue weighted by Crippen LogP contribution is 2.06. The molecule has 15 heavy (non-hydrogen) atoms. The van der Waals surface area contributed by atoms with E-state index < -0.39 is 0 Å². The van der Waals surface area contributed by atoms with Crippen LogP contribution in [0.2, 0.25) is 5.02 Å². The number of hydrogen-bond donors (Lipinski definition) is 0. The molecule has 0 saturated carbocycles. The Balaban J connectivity index is 2.37. The molecule has 0 aliphatic rings. The second-order valence-electron chi connectivity index (χ2n) is 3.79. The predicted molar refractivity (Wildman–Crippen MR) is 64.5 cm³/mol. The smallest absolute Gasteiger partial charge is 0.250 e. The zero-order valence-corrected chi connectivity index (χ0v) is 9.96. The fraction of sp³-hybridized carbons (Fsp3) is 0.583. The molecule has 0 atom stereocenters. The monoisotopic (exact) mass is 227 g/mol. The van der Waals surface area contributed by atoms with Gasteiger partial charge in [-0.3, -0.25) is 4.79 Å². The van der Waals surface area contributed by atoms with Gasteiger partial charge in [-0.2, -0.15) is 0 Å². The molecule has 0 bridgehead atoms. The van der Waals surface area contributed by atoms with Crippen molar-refractivity contribution in [2.24, 2.45) is 0 Å². The molecule has 0 aliphatic carbocycles. The zero-order valence-electron chi connectivity index (χ0n) is 9.21. The molecule has 0 saturated heterocycles. The van der Waals surface area contributed by atoms with Crippen LogP contribution in [-0.4, -0.2) is 4.57 Å². The van der Waals surface area contributed by atoms with Crippen molar-refractivity contribution in [2.75, 3.05) is 0 Å². The molecule has 0 fully saturated rings. The molecule has 84 valence electrons. The van der Waals surface area contributed by atoms with Crippen LogP contribution < -0.4 is 5.56 Å². The van der Waals surface area contributed by atoms with E-state index in [1.165, 1.54) is 31.7 Å². The van der Waals surface area contributed by atoms with E-state index >= 15 is 0 Å². The fourth-order valence-corrected chi connectivity index (χ4v) is 1.74. The number of halogens is 1. The molecule has 0 spiro atoms. The van der Waals surface area contributed by atoms with Gasteiger partial charge >= 0.3 is 0 Å². The zero-order chi connectivity index (χ0) is 11.1. The van der Waals surface area contributed by atoms with Gasteiger partial charge in [0, 0.05) is 18.8 Å². The van der Waals surface area contributed by atoms with Crippen LogP contribution in [0.25, 0.3) is 0 Å². The summed E-state index contributed by atoms with van der Waals surface area (Å²) in [5.41, 5.74) is 0.0369. The van der Waals surface area contributed by atoms with E-state index in [0.29, 0.717) is 5.02 Å². The highest BCUT2D eigenvalue weighted by Gasteiger charge is 1.96. The van der Waals surface area contributed by atoms with E-state index in [1.54, 1.807) is 16.8 Å². The third-order valence-corrected chi connectivity index (χ3v) is 2.67. The molecule has 3 heteroatoms. The molecule has 1 rings (SSSR count). The average Bonchev–Trinajstić information content (AvgIpc) is 2.23. The lowest BCUT2D eigenvalue weighted by Crippen LogP contribution is -2.18. The number of aryl methyl sites for hydroxylation is 1. The van der Waals surface area contributed by atoms with Crippen LogP contribution >= 0.6 is 11.6 Å². The van der Waals surface area contributed by atoms with E-state index in [4.69, 9.17) is 11.6 Å². The van der Waals surface area contributed by atoms with Crippen molar-refractivity contribution >= 4 is 11.6 Å². The molecule has 0 radical (unpaired) electrons. The van der Waals surface area contributed by atoms with E-state index in [1.807, 2.05) is 0 Å². The quantitative estimate of drug-likeness (QED) is 0.682. The summed E-state index contributed by atoms with van der Waals surface area (Å²) < 4.78 is 1.69. The maximum Gasteiger partial charge on any atom is 0.250 e. The molecule has 0 aliphatic heterocycles. The molecule has 1 aromatic heterocycles. The van der Waals surface area contributed by atoms with E-state index in [9.17, 15) is 4.79 Å². The van der Waals surface area contributed by atoms with Crippen LogP contribution in [0.5, 0.6) is 0 Å². The number of rotatable bonds is 6. The average molecular weight is 228 g/mol. The third-order valence-electron chi connectivity index (χ3n) is 2.45. The van der Waals surface area contributed by atoms with Gasteiger partial charge in [0.05, 0.1) is 5.02 Å². The minimum absolute atomic E-state index is 0.0369. The molecule has 0 unspecified atom stereocenters. The summed E-state index contributed by atoms with van der Waals surface area (Å²) in [5.74, 6) is 0. The Morgan fingerprint density at radius 3 is 2.67 bits per heavy atom. The van der Waals surface area contributed by atoms with Gasteiger partial charge < -0.3 is 4.57 Å². The SMILES string of the molecule is CCCCCCCn1cc(Cl)ccc1=O. The molecular formula is C12H18ClNO. The van der Waals surface area contributed by atoms with Crippen molar-refractivity contribution < 1.29 is 0 Å². The number of hydrogen-bond acceptors (Lipinski definition) is 1. The first kappa shape index (κ1) is 12.3. The highest BCUT2D eigenvalue weighted by atomic mass is 35.5. The first-order chi connectivity index (χ1) is 7.24. The Morgan fingerprint density at radius 1 is 1.20 bits per heavy atom. The van der Waals surface area contributed by atoms with Gasteiger partial charge in [0.15, 0.2) is 0 Å². The van der Waals surface area contributed by atoms with Crippen molar-refractivity contribution in [2.45, 2.75) is 45.6 Å². The van der Waals surface area contributed by atoms with Crippen LogP contribution in [0.4, 0.5) is 0 Å². The Bertz CT molecular complexity index is 346.